The lowest BCUT2D eigenvalue weighted by atomic mass is 9.79. The third kappa shape index (κ3) is 4.99. The number of carboxylic acids is 1. The van der Waals surface area contributed by atoms with E-state index in [2.05, 4.69) is 17.1 Å². The molecule has 0 radical (unpaired) electrons. The van der Waals surface area contributed by atoms with Crippen LogP contribution in [-0.4, -0.2) is 47.6 Å². The lowest BCUT2D eigenvalue weighted by molar-refractivity contribution is -0.152. The highest BCUT2D eigenvalue weighted by atomic mass is 16.4. The zero-order valence-electron chi connectivity index (χ0n) is 13.7. The van der Waals surface area contributed by atoms with Gasteiger partial charge in [0.15, 0.2) is 0 Å². The molecule has 5 heteroatoms. The molecule has 0 aromatic rings. The van der Waals surface area contributed by atoms with Crippen molar-refractivity contribution in [2.45, 2.75) is 65.3 Å². The minimum atomic E-state index is -0.910. The van der Waals surface area contributed by atoms with Gasteiger partial charge in [0.25, 0.3) is 0 Å². The molecule has 1 aliphatic rings. The zero-order chi connectivity index (χ0) is 15.9. The Bertz CT molecular complexity index is 345. The van der Waals surface area contributed by atoms with Crippen molar-refractivity contribution in [1.29, 1.82) is 0 Å². The molecule has 0 unspecified atom stereocenters. The van der Waals surface area contributed by atoms with E-state index in [0.717, 1.165) is 38.9 Å². The Morgan fingerprint density at radius 1 is 1.19 bits per heavy atom. The molecule has 1 saturated heterocycles. The zero-order valence-corrected chi connectivity index (χ0v) is 13.7. The predicted octanol–water partition coefficient (Wildman–Crippen LogP) is 2.26. The Morgan fingerprint density at radius 3 is 2.19 bits per heavy atom. The molecule has 0 aromatic heterocycles. The van der Waals surface area contributed by atoms with E-state index < -0.39 is 11.4 Å². The standard InChI is InChI=1S/C16H30N2O3/c1-4-9-18-10-7-13(8-11-18)17-14(19)12-16(5-2,6-3)15(20)21/h13H,4-12H2,1-3H3,(H,17,19)(H,20,21). The molecular weight excluding hydrogens is 268 g/mol. The molecule has 1 fully saturated rings. The summed E-state index contributed by atoms with van der Waals surface area (Å²) in [6, 6.07) is 0.200. The van der Waals surface area contributed by atoms with Crippen LogP contribution >= 0.6 is 0 Å². The topological polar surface area (TPSA) is 69.6 Å². The van der Waals surface area contributed by atoms with E-state index in [9.17, 15) is 14.7 Å². The number of nitrogens with zero attached hydrogens (tertiary/aromatic N) is 1. The van der Waals surface area contributed by atoms with Crippen LogP contribution in [0.3, 0.4) is 0 Å². The van der Waals surface area contributed by atoms with E-state index >= 15 is 0 Å². The molecule has 0 spiro atoms. The van der Waals surface area contributed by atoms with Crippen molar-refractivity contribution >= 4 is 11.9 Å². The summed E-state index contributed by atoms with van der Waals surface area (Å²) in [6.45, 7) is 9.01. The van der Waals surface area contributed by atoms with Gasteiger partial charge in [-0.3, -0.25) is 9.59 Å². The maximum Gasteiger partial charge on any atom is 0.310 e. The van der Waals surface area contributed by atoms with Gasteiger partial charge in [-0.05, 0) is 38.6 Å². The van der Waals surface area contributed by atoms with E-state index in [-0.39, 0.29) is 18.4 Å². The largest absolute Gasteiger partial charge is 0.481 e. The fourth-order valence-corrected chi connectivity index (χ4v) is 3.08. The van der Waals surface area contributed by atoms with Gasteiger partial charge < -0.3 is 15.3 Å². The number of hydrogen-bond acceptors (Lipinski definition) is 3. The van der Waals surface area contributed by atoms with Crippen molar-refractivity contribution in [3.05, 3.63) is 0 Å². The summed E-state index contributed by atoms with van der Waals surface area (Å²) in [7, 11) is 0. The highest BCUT2D eigenvalue weighted by molar-refractivity contribution is 5.85. The molecule has 0 bridgehead atoms. The first-order valence-corrected chi connectivity index (χ1v) is 8.22. The minimum absolute atomic E-state index is 0.0878. The SMILES string of the molecule is CCCN1CCC(NC(=O)CC(CC)(CC)C(=O)O)CC1. The second-order valence-electron chi connectivity index (χ2n) is 6.15. The van der Waals surface area contributed by atoms with Crippen LogP contribution in [0.25, 0.3) is 0 Å². The Hall–Kier alpha value is -1.10. The van der Waals surface area contributed by atoms with Gasteiger partial charge in [-0.25, -0.2) is 0 Å². The van der Waals surface area contributed by atoms with Crippen molar-refractivity contribution in [3.8, 4) is 0 Å². The third-order valence-electron chi connectivity index (χ3n) is 4.80. The first-order valence-electron chi connectivity index (χ1n) is 8.22. The van der Waals surface area contributed by atoms with Crippen LogP contribution < -0.4 is 5.32 Å². The van der Waals surface area contributed by atoms with Gasteiger partial charge in [0.1, 0.15) is 0 Å². The molecule has 1 amide bonds. The van der Waals surface area contributed by atoms with Gasteiger partial charge in [-0.2, -0.15) is 0 Å². The van der Waals surface area contributed by atoms with Gasteiger partial charge in [-0.1, -0.05) is 20.8 Å². The molecule has 0 aromatic carbocycles. The summed E-state index contributed by atoms with van der Waals surface area (Å²) in [6.07, 6.45) is 4.15. The number of piperidine rings is 1. The highest BCUT2D eigenvalue weighted by Crippen LogP contribution is 2.31. The van der Waals surface area contributed by atoms with Crippen molar-refractivity contribution in [2.75, 3.05) is 19.6 Å². The Balaban J connectivity index is 2.45. The summed E-state index contributed by atoms with van der Waals surface area (Å²) < 4.78 is 0. The van der Waals surface area contributed by atoms with Crippen LogP contribution in [0.1, 0.15) is 59.3 Å². The molecule has 1 aliphatic heterocycles. The fourth-order valence-electron chi connectivity index (χ4n) is 3.08. The number of carbonyl (C=O) groups excluding carboxylic acids is 1. The van der Waals surface area contributed by atoms with E-state index in [1.807, 2.05) is 13.8 Å². The molecular formula is C16H30N2O3. The van der Waals surface area contributed by atoms with Crippen LogP contribution in [0.5, 0.6) is 0 Å². The van der Waals surface area contributed by atoms with Gasteiger partial charge in [0, 0.05) is 25.6 Å². The number of hydrogen-bond donors (Lipinski definition) is 2. The number of likely N-dealkylation sites (tertiary alicyclic amines) is 1. The van der Waals surface area contributed by atoms with Crippen LogP contribution in [0.2, 0.25) is 0 Å². The van der Waals surface area contributed by atoms with Gasteiger partial charge in [0.2, 0.25) is 5.91 Å². The second kappa shape index (κ2) is 8.37. The Morgan fingerprint density at radius 2 is 1.76 bits per heavy atom. The van der Waals surface area contributed by atoms with Crippen LogP contribution in [0.15, 0.2) is 0 Å². The number of rotatable bonds is 8. The smallest absolute Gasteiger partial charge is 0.310 e. The van der Waals surface area contributed by atoms with Gasteiger partial charge in [-0.15, -0.1) is 0 Å². The molecule has 0 aliphatic carbocycles. The number of aliphatic carboxylic acids is 1. The predicted molar refractivity (Wildman–Crippen MR) is 83.2 cm³/mol. The molecule has 0 saturated carbocycles. The maximum atomic E-state index is 12.2. The maximum absolute atomic E-state index is 12.2. The highest BCUT2D eigenvalue weighted by Gasteiger charge is 2.37. The third-order valence-corrected chi connectivity index (χ3v) is 4.80. The number of amides is 1. The van der Waals surface area contributed by atoms with E-state index in [1.54, 1.807) is 0 Å². The fraction of sp³-hybridized carbons (Fsp3) is 0.875. The summed E-state index contributed by atoms with van der Waals surface area (Å²) in [5.74, 6) is -0.976. The summed E-state index contributed by atoms with van der Waals surface area (Å²) >= 11 is 0. The monoisotopic (exact) mass is 298 g/mol. The number of carbonyl (C=O) groups is 2. The second-order valence-corrected chi connectivity index (χ2v) is 6.15. The van der Waals surface area contributed by atoms with Crippen molar-refractivity contribution in [2.24, 2.45) is 5.41 Å². The quantitative estimate of drug-likeness (QED) is 0.721. The van der Waals surface area contributed by atoms with E-state index in [0.29, 0.717) is 12.8 Å². The molecule has 2 N–H and O–H groups in total. The average molecular weight is 298 g/mol. The lowest BCUT2D eigenvalue weighted by Gasteiger charge is -2.33. The van der Waals surface area contributed by atoms with Gasteiger partial charge in [0.05, 0.1) is 5.41 Å². The first kappa shape index (κ1) is 18.0. The number of nitrogens with one attached hydrogen (secondary N) is 1. The van der Waals surface area contributed by atoms with Crippen molar-refractivity contribution in [1.82, 2.24) is 10.2 Å². The summed E-state index contributed by atoms with van der Waals surface area (Å²) in [4.78, 5) is 26.0. The number of carboxylic acid groups (broad SMARTS) is 1. The first-order chi connectivity index (χ1) is 9.97. The van der Waals surface area contributed by atoms with Crippen molar-refractivity contribution in [3.63, 3.8) is 0 Å². The normalized spacial score (nSPS) is 17.7. The molecule has 1 rings (SSSR count). The van der Waals surface area contributed by atoms with Gasteiger partial charge >= 0.3 is 5.97 Å². The minimum Gasteiger partial charge on any atom is -0.481 e. The molecule has 21 heavy (non-hydrogen) atoms. The summed E-state index contributed by atoms with van der Waals surface area (Å²) in [5.41, 5.74) is -0.910. The van der Waals surface area contributed by atoms with Crippen LogP contribution in [0.4, 0.5) is 0 Å². The molecule has 0 atom stereocenters. The average Bonchev–Trinajstić information content (AvgIpc) is 2.47. The Labute approximate surface area is 128 Å². The van der Waals surface area contributed by atoms with E-state index in [1.165, 1.54) is 0 Å². The summed E-state index contributed by atoms with van der Waals surface area (Å²) in [5, 5.41) is 12.4. The van der Waals surface area contributed by atoms with Crippen LogP contribution in [-0.2, 0) is 9.59 Å². The molecule has 122 valence electrons. The van der Waals surface area contributed by atoms with Crippen molar-refractivity contribution < 1.29 is 14.7 Å². The lowest BCUT2D eigenvalue weighted by Crippen LogP contribution is -2.46. The molecule has 5 nitrogen and oxygen atoms in total. The Kier molecular flexibility index (Phi) is 7.15. The molecule has 1 heterocycles. The van der Waals surface area contributed by atoms with E-state index in [4.69, 9.17) is 0 Å². The van der Waals surface area contributed by atoms with Crippen LogP contribution in [0, 0.1) is 5.41 Å².